The summed E-state index contributed by atoms with van der Waals surface area (Å²) in [6, 6.07) is -0.0315. The van der Waals surface area contributed by atoms with Crippen molar-refractivity contribution in [1.29, 1.82) is 0 Å². The van der Waals surface area contributed by atoms with Crippen molar-refractivity contribution in [3.8, 4) is 0 Å². The molecule has 0 aliphatic heterocycles. The molecule has 2 rings (SSSR count). The first-order valence-corrected chi connectivity index (χ1v) is 6.09. The van der Waals surface area contributed by atoms with E-state index in [2.05, 4.69) is 44.3 Å². The number of aromatic amines is 1. The fourth-order valence-corrected chi connectivity index (χ4v) is 2.05. The number of hydrogen-bond acceptors (Lipinski definition) is 5. The molecule has 2 N–H and O–H groups in total. The Labute approximate surface area is 110 Å². The van der Waals surface area contributed by atoms with E-state index in [0.29, 0.717) is 5.15 Å². The zero-order valence-electron chi connectivity index (χ0n) is 10.5. The van der Waals surface area contributed by atoms with E-state index in [1.165, 1.54) is 12.7 Å². The molecule has 0 saturated carbocycles. The van der Waals surface area contributed by atoms with Crippen LogP contribution < -0.4 is 5.32 Å². The molecular formula is C11H15ClN6. The molecule has 0 radical (unpaired) electrons. The number of rotatable bonds is 4. The molecule has 2 heterocycles. The first-order valence-electron chi connectivity index (χ1n) is 5.71. The van der Waals surface area contributed by atoms with Crippen molar-refractivity contribution in [2.75, 3.05) is 5.32 Å². The second-order valence-electron chi connectivity index (χ2n) is 4.32. The summed E-state index contributed by atoms with van der Waals surface area (Å²) < 4.78 is 0. The van der Waals surface area contributed by atoms with E-state index < -0.39 is 0 Å². The Morgan fingerprint density at radius 2 is 1.94 bits per heavy atom. The quantitative estimate of drug-likeness (QED) is 0.832. The van der Waals surface area contributed by atoms with E-state index in [4.69, 9.17) is 11.6 Å². The molecule has 0 bridgehead atoms. The molecule has 1 unspecified atom stereocenters. The van der Waals surface area contributed by atoms with Gasteiger partial charge in [0.2, 0.25) is 0 Å². The Kier molecular flexibility index (Phi) is 3.76. The Balaban J connectivity index is 2.26. The molecule has 1 atom stereocenters. The zero-order chi connectivity index (χ0) is 13.1. The summed E-state index contributed by atoms with van der Waals surface area (Å²) in [4.78, 5) is 12.4. The molecule has 6 nitrogen and oxygen atoms in total. The predicted octanol–water partition coefficient (Wildman–Crippen LogP) is 2.54. The van der Waals surface area contributed by atoms with Crippen molar-refractivity contribution in [1.82, 2.24) is 25.1 Å². The van der Waals surface area contributed by atoms with E-state index in [-0.39, 0.29) is 12.0 Å². The van der Waals surface area contributed by atoms with Crippen LogP contribution >= 0.6 is 11.6 Å². The summed E-state index contributed by atoms with van der Waals surface area (Å²) in [5.74, 6) is 1.72. The number of halogens is 1. The van der Waals surface area contributed by atoms with Crippen LogP contribution in [0.15, 0.2) is 12.7 Å². The van der Waals surface area contributed by atoms with Gasteiger partial charge in [0.15, 0.2) is 0 Å². The monoisotopic (exact) mass is 266 g/mol. The Morgan fingerprint density at radius 1 is 1.17 bits per heavy atom. The highest BCUT2D eigenvalue weighted by Crippen LogP contribution is 2.29. The van der Waals surface area contributed by atoms with Gasteiger partial charge in [-0.1, -0.05) is 25.4 Å². The fourth-order valence-electron chi connectivity index (χ4n) is 1.70. The Bertz CT molecular complexity index is 510. The number of nitrogens with one attached hydrogen (secondary N) is 2. The van der Waals surface area contributed by atoms with Gasteiger partial charge in [-0.05, 0) is 12.8 Å². The van der Waals surface area contributed by atoms with Crippen LogP contribution in [0.2, 0.25) is 5.15 Å². The minimum absolute atomic E-state index is 0.0315. The molecule has 2 aromatic heterocycles. The molecule has 0 aliphatic rings. The summed E-state index contributed by atoms with van der Waals surface area (Å²) in [5, 5.41) is 10.4. The molecule has 0 spiro atoms. The van der Waals surface area contributed by atoms with Gasteiger partial charge in [-0.15, -0.1) is 0 Å². The van der Waals surface area contributed by atoms with Crippen molar-refractivity contribution in [2.45, 2.75) is 32.7 Å². The molecule has 7 heteroatoms. The average Bonchev–Trinajstić information content (AvgIpc) is 2.81. The molecule has 0 fully saturated rings. The lowest BCUT2D eigenvalue weighted by Crippen LogP contribution is -2.12. The van der Waals surface area contributed by atoms with Gasteiger partial charge in [0.25, 0.3) is 0 Å². The highest BCUT2D eigenvalue weighted by atomic mass is 35.5. The summed E-state index contributed by atoms with van der Waals surface area (Å²) in [6.07, 6.45) is 2.92. The highest BCUT2D eigenvalue weighted by molar-refractivity contribution is 6.30. The molecule has 0 saturated heterocycles. The molecule has 96 valence electrons. The number of nitrogens with zero attached hydrogens (tertiary/aromatic N) is 4. The maximum Gasteiger partial charge on any atom is 0.146 e. The third-order valence-corrected chi connectivity index (χ3v) is 2.91. The first-order chi connectivity index (χ1) is 8.59. The second kappa shape index (κ2) is 5.30. The number of hydrogen-bond donors (Lipinski definition) is 2. The Hall–Kier alpha value is -1.69. The van der Waals surface area contributed by atoms with Crippen LogP contribution in [0.4, 0.5) is 5.82 Å². The molecule has 0 aliphatic carbocycles. The van der Waals surface area contributed by atoms with Crippen molar-refractivity contribution in [3.63, 3.8) is 0 Å². The Morgan fingerprint density at radius 3 is 2.56 bits per heavy atom. The number of anilines is 1. The van der Waals surface area contributed by atoms with Gasteiger partial charge >= 0.3 is 0 Å². The molecule has 18 heavy (non-hydrogen) atoms. The average molecular weight is 267 g/mol. The maximum absolute atomic E-state index is 6.11. The zero-order valence-corrected chi connectivity index (χ0v) is 11.2. The van der Waals surface area contributed by atoms with E-state index in [1.807, 2.05) is 6.92 Å². The molecular weight excluding hydrogens is 252 g/mol. The van der Waals surface area contributed by atoms with Gasteiger partial charge in [0, 0.05) is 5.56 Å². The van der Waals surface area contributed by atoms with Crippen LogP contribution in [0.1, 0.15) is 44.1 Å². The molecule has 0 aromatic carbocycles. The summed E-state index contributed by atoms with van der Waals surface area (Å²) in [6.45, 7) is 6.07. The third-order valence-electron chi connectivity index (χ3n) is 2.61. The van der Waals surface area contributed by atoms with Gasteiger partial charge in [0.05, 0.1) is 6.04 Å². The van der Waals surface area contributed by atoms with Gasteiger partial charge in [-0.2, -0.15) is 5.10 Å². The van der Waals surface area contributed by atoms with E-state index >= 15 is 0 Å². The summed E-state index contributed by atoms with van der Waals surface area (Å²) in [5.41, 5.74) is 0.908. The van der Waals surface area contributed by atoms with Gasteiger partial charge in [0.1, 0.15) is 29.5 Å². The lowest BCUT2D eigenvalue weighted by Gasteiger charge is -2.17. The largest absolute Gasteiger partial charge is 0.360 e. The first kappa shape index (κ1) is 12.8. The van der Waals surface area contributed by atoms with E-state index in [0.717, 1.165) is 17.2 Å². The molecule has 0 amide bonds. The van der Waals surface area contributed by atoms with Crippen LogP contribution in [0.25, 0.3) is 0 Å². The number of H-pyrrole nitrogens is 1. The predicted molar refractivity (Wildman–Crippen MR) is 69.6 cm³/mol. The fraction of sp³-hybridized carbons (Fsp3) is 0.455. The maximum atomic E-state index is 6.11. The van der Waals surface area contributed by atoms with Crippen LogP contribution in [-0.4, -0.2) is 25.1 Å². The third kappa shape index (κ3) is 2.59. The lowest BCUT2D eigenvalue weighted by atomic mass is 10.1. The SMILES string of the molecule is CC(C)c1c(Cl)ncnc1NC(C)c1ncn[nH]1. The number of aromatic nitrogens is 5. The van der Waals surface area contributed by atoms with Crippen molar-refractivity contribution >= 4 is 17.4 Å². The smallest absolute Gasteiger partial charge is 0.146 e. The summed E-state index contributed by atoms with van der Waals surface area (Å²) >= 11 is 6.11. The van der Waals surface area contributed by atoms with Gasteiger partial charge in [-0.25, -0.2) is 15.0 Å². The summed E-state index contributed by atoms with van der Waals surface area (Å²) in [7, 11) is 0. The van der Waals surface area contributed by atoms with Crippen molar-refractivity contribution < 1.29 is 0 Å². The van der Waals surface area contributed by atoms with Crippen LogP contribution in [0, 0.1) is 0 Å². The van der Waals surface area contributed by atoms with Gasteiger partial charge < -0.3 is 5.32 Å². The van der Waals surface area contributed by atoms with E-state index in [1.54, 1.807) is 0 Å². The minimum Gasteiger partial charge on any atom is -0.360 e. The van der Waals surface area contributed by atoms with E-state index in [9.17, 15) is 0 Å². The lowest BCUT2D eigenvalue weighted by molar-refractivity contribution is 0.774. The topological polar surface area (TPSA) is 79.4 Å². The van der Waals surface area contributed by atoms with Crippen LogP contribution in [-0.2, 0) is 0 Å². The standard InChI is InChI=1S/C11H15ClN6/c1-6(2)8-9(12)13-4-14-11(8)17-7(3)10-15-5-16-18-10/h4-7H,1-3H3,(H,13,14,17)(H,15,16,18). The molecule has 2 aromatic rings. The minimum atomic E-state index is -0.0315. The van der Waals surface area contributed by atoms with Crippen molar-refractivity contribution in [3.05, 3.63) is 29.2 Å². The highest BCUT2D eigenvalue weighted by Gasteiger charge is 2.16. The normalized spacial score (nSPS) is 12.7. The second-order valence-corrected chi connectivity index (χ2v) is 4.68. The van der Waals surface area contributed by atoms with Gasteiger partial charge in [-0.3, -0.25) is 5.10 Å². The van der Waals surface area contributed by atoms with Crippen LogP contribution in [0.5, 0.6) is 0 Å². The van der Waals surface area contributed by atoms with Crippen molar-refractivity contribution in [2.24, 2.45) is 0 Å². The van der Waals surface area contributed by atoms with Crippen LogP contribution in [0.3, 0.4) is 0 Å².